The van der Waals surface area contributed by atoms with Crippen molar-refractivity contribution in [3.8, 4) is 0 Å². The molecule has 0 unspecified atom stereocenters. The van der Waals surface area contributed by atoms with Crippen LogP contribution in [0.3, 0.4) is 0 Å². The molecule has 0 spiro atoms. The number of nitrogens with zero attached hydrogens (tertiary/aromatic N) is 6. The van der Waals surface area contributed by atoms with Crippen LogP contribution in [-0.2, 0) is 14.4 Å². The highest BCUT2D eigenvalue weighted by atomic mass is 16.5. The minimum atomic E-state index is -0.747. The smallest absolute Gasteiger partial charge is 0.260 e. The molecule has 0 radical (unpaired) electrons. The summed E-state index contributed by atoms with van der Waals surface area (Å²) in [6.45, 7) is 18.2. The van der Waals surface area contributed by atoms with E-state index >= 15 is 0 Å². The first-order valence-electron chi connectivity index (χ1n) is 12.5. The first-order valence-corrected chi connectivity index (χ1v) is 12.5. The molecule has 12 heteroatoms. The molecule has 1 aliphatic heterocycles. The first kappa shape index (κ1) is 32.2. The van der Waals surface area contributed by atoms with Crippen LogP contribution in [0.1, 0.15) is 62.3 Å². The maximum atomic E-state index is 12.7. The van der Waals surface area contributed by atoms with Crippen LogP contribution in [0.25, 0.3) is 0 Å². The highest BCUT2D eigenvalue weighted by Crippen LogP contribution is 2.14. The zero-order chi connectivity index (χ0) is 28.1. The van der Waals surface area contributed by atoms with Gasteiger partial charge in [0.25, 0.3) is 17.7 Å². The van der Waals surface area contributed by atoms with Crippen LogP contribution >= 0.6 is 0 Å². The minimum Gasteiger partial charge on any atom is -0.292 e. The Hall–Kier alpha value is -1.83. The number of rotatable bonds is 6. The van der Waals surface area contributed by atoms with Crippen LogP contribution in [0, 0.1) is 0 Å². The van der Waals surface area contributed by atoms with E-state index in [-0.39, 0.29) is 19.6 Å². The predicted molar refractivity (Wildman–Crippen MR) is 134 cm³/mol. The molecular formula is C24H48N6O6. The maximum Gasteiger partial charge on any atom is 0.260 e. The van der Waals surface area contributed by atoms with Crippen molar-refractivity contribution >= 4 is 17.7 Å². The molecule has 1 heterocycles. The van der Waals surface area contributed by atoms with Crippen LogP contribution in [0.2, 0.25) is 0 Å². The molecular weight excluding hydrogens is 468 g/mol. The van der Waals surface area contributed by atoms with Crippen LogP contribution in [0.5, 0.6) is 0 Å². The van der Waals surface area contributed by atoms with Gasteiger partial charge >= 0.3 is 0 Å². The van der Waals surface area contributed by atoms with E-state index in [0.717, 1.165) is 15.2 Å². The molecule has 12 nitrogen and oxygen atoms in total. The van der Waals surface area contributed by atoms with Crippen molar-refractivity contribution in [2.75, 3.05) is 58.9 Å². The molecule has 36 heavy (non-hydrogen) atoms. The molecule has 0 aromatic rings. The summed E-state index contributed by atoms with van der Waals surface area (Å²) in [5.74, 6) is -1.35. The second-order valence-corrected chi connectivity index (χ2v) is 12.5. The average molecular weight is 517 g/mol. The molecule has 0 aliphatic carbocycles. The summed E-state index contributed by atoms with van der Waals surface area (Å²) in [5, 5.41) is 33.0. The molecule has 0 aromatic carbocycles. The van der Waals surface area contributed by atoms with Gasteiger partial charge in [-0.2, -0.15) is 0 Å². The van der Waals surface area contributed by atoms with Gasteiger partial charge in [-0.1, -0.05) is 0 Å². The largest absolute Gasteiger partial charge is 0.292 e. The Labute approximate surface area is 215 Å². The van der Waals surface area contributed by atoms with Crippen LogP contribution < -0.4 is 0 Å². The van der Waals surface area contributed by atoms with E-state index < -0.39 is 34.3 Å². The number of carbonyl (C=O) groups excluding carboxylic acids is 3. The van der Waals surface area contributed by atoms with Gasteiger partial charge in [0, 0.05) is 39.3 Å². The molecule has 3 amide bonds. The third kappa shape index (κ3) is 10.3. The number of amides is 3. The van der Waals surface area contributed by atoms with Gasteiger partial charge in [-0.3, -0.25) is 44.7 Å². The fourth-order valence-corrected chi connectivity index (χ4v) is 3.56. The zero-order valence-corrected chi connectivity index (χ0v) is 23.6. The molecule has 1 rings (SSSR count). The van der Waals surface area contributed by atoms with E-state index in [1.807, 2.05) is 14.7 Å². The summed E-state index contributed by atoms with van der Waals surface area (Å²) in [6, 6.07) is 0. The van der Waals surface area contributed by atoms with E-state index in [1.54, 1.807) is 62.3 Å². The molecule has 0 bridgehead atoms. The van der Waals surface area contributed by atoms with Gasteiger partial charge in [-0.05, 0) is 62.3 Å². The van der Waals surface area contributed by atoms with Crippen LogP contribution in [0.4, 0.5) is 0 Å². The van der Waals surface area contributed by atoms with E-state index in [1.165, 1.54) is 0 Å². The van der Waals surface area contributed by atoms with Crippen molar-refractivity contribution in [1.82, 2.24) is 29.9 Å². The first-order chi connectivity index (χ1) is 16.2. The topological polar surface area (TPSA) is 131 Å². The van der Waals surface area contributed by atoms with E-state index in [0.29, 0.717) is 39.3 Å². The lowest BCUT2D eigenvalue weighted by molar-refractivity contribution is -0.188. The van der Waals surface area contributed by atoms with Gasteiger partial charge in [-0.25, -0.2) is 15.2 Å². The molecule has 0 aromatic heterocycles. The maximum absolute atomic E-state index is 12.7. The predicted octanol–water partition coefficient (Wildman–Crippen LogP) is 0.955. The van der Waals surface area contributed by atoms with Gasteiger partial charge in [0.05, 0.1) is 36.3 Å². The molecule has 0 atom stereocenters. The third-order valence-corrected chi connectivity index (χ3v) is 5.89. The summed E-state index contributed by atoms with van der Waals surface area (Å²) < 4.78 is 0. The van der Waals surface area contributed by atoms with Gasteiger partial charge in [0.15, 0.2) is 0 Å². The third-order valence-electron chi connectivity index (χ3n) is 5.89. The van der Waals surface area contributed by atoms with Crippen molar-refractivity contribution in [2.24, 2.45) is 0 Å². The number of hydrogen-bond acceptors (Lipinski definition) is 9. The average Bonchev–Trinajstić information content (AvgIpc) is 2.82. The number of carbonyl (C=O) groups is 3. The van der Waals surface area contributed by atoms with Gasteiger partial charge in [0.1, 0.15) is 0 Å². The highest BCUT2D eigenvalue weighted by Gasteiger charge is 2.31. The summed E-state index contributed by atoms with van der Waals surface area (Å²) >= 11 is 0. The lowest BCUT2D eigenvalue weighted by atomic mass is 10.1. The van der Waals surface area contributed by atoms with Crippen molar-refractivity contribution in [3.05, 3.63) is 0 Å². The van der Waals surface area contributed by atoms with Crippen LogP contribution in [-0.4, -0.2) is 139 Å². The molecule has 210 valence electrons. The van der Waals surface area contributed by atoms with Crippen molar-refractivity contribution < 1.29 is 30.0 Å². The fraction of sp³-hybridized carbons (Fsp3) is 0.875. The van der Waals surface area contributed by atoms with Crippen molar-refractivity contribution in [3.63, 3.8) is 0 Å². The second kappa shape index (κ2) is 12.6. The molecule has 1 saturated heterocycles. The van der Waals surface area contributed by atoms with Gasteiger partial charge in [-0.15, -0.1) is 0 Å². The lowest BCUT2D eigenvalue weighted by Crippen LogP contribution is -2.50. The molecule has 3 N–H and O–H groups in total. The molecule has 1 fully saturated rings. The van der Waals surface area contributed by atoms with Crippen molar-refractivity contribution in [1.29, 1.82) is 0 Å². The SMILES string of the molecule is CC(C)(C)N(O)C(=O)CN1CCN(CC(=O)N(O)C(C)(C)C)CCN(CC(=O)N(O)C(C)(C)C)CC1. The minimum absolute atomic E-state index is 0.0282. The lowest BCUT2D eigenvalue weighted by Gasteiger charge is -2.33. The van der Waals surface area contributed by atoms with E-state index in [4.69, 9.17) is 0 Å². The highest BCUT2D eigenvalue weighted by molar-refractivity contribution is 5.78. The Kier molecular flexibility index (Phi) is 11.3. The summed E-state index contributed by atoms with van der Waals surface area (Å²) in [7, 11) is 0. The monoisotopic (exact) mass is 516 g/mol. The van der Waals surface area contributed by atoms with Gasteiger partial charge < -0.3 is 0 Å². The normalized spacial score (nSPS) is 17.7. The Balaban J connectivity index is 3.04. The fourth-order valence-electron chi connectivity index (χ4n) is 3.56. The molecule has 1 aliphatic rings. The Morgan fingerprint density at radius 1 is 0.500 bits per heavy atom. The van der Waals surface area contributed by atoms with E-state index in [9.17, 15) is 30.0 Å². The van der Waals surface area contributed by atoms with Crippen LogP contribution in [0.15, 0.2) is 0 Å². The Bertz CT molecular complexity index is 646. The summed E-state index contributed by atoms with van der Waals surface area (Å²) in [6.07, 6.45) is 0. The number of hydroxylamine groups is 6. The summed E-state index contributed by atoms with van der Waals surface area (Å²) in [4.78, 5) is 43.7. The summed E-state index contributed by atoms with van der Waals surface area (Å²) in [5.41, 5.74) is -2.24. The Morgan fingerprint density at radius 2 is 0.667 bits per heavy atom. The quantitative estimate of drug-likeness (QED) is 0.349. The van der Waals surface area contributed by atoms with Crippen molar-refractivity contribution in [2.45, 2.75) is 78.9 Å². The Morgan fingerprint density at radius 3 is 0.806 bits per heavy atom. The van der Waals surface area contributed by atoms with E-state index in [2.05, 4.69) is 0 Å². The molecule has 0 saturated carbocycles. The zero-order valence-electron chi connectivity index (χ0n) is 23.6. The second-order valence-electron chi connectivity index (χ2n) is 12.5. The number of hydrogen-bond donors (Lipinski definition) is 3. The standard InChI is InChI=1S/C24H48N6O6/c1-22(2,3)28(34)19(31)16-25-10-12-26(17-20(32)29(35)23(4,5)6)14-15-27(13-11-25)18-21(33)30(36)24(7,8)9/h34-36H,10-18H2,1-9H3. The van der Waals surface area contributed by atoms with Gasteiger partial charge in [0.2, 0.25) is 0 Å².